The quantitative estimate of drug-likeness (QED) is 0.349. The Morgan fingerprint density at radius 1 is 0.889 bits per heavy atom. The molecule has 2 aliphatic heterocycles. The van der Waals surface area contributed by atoms with Crippen molar-refractivity contribution in [1.82, 2.24) is 14.9 Å². The van der Waals surface area contributed by atoms with Crippen molar-refractivity contribution in [1.29, 1.82) is 0 Å². The maximum absolute atomic E-state index is 5.93. The molecule has 0 radical (unpaired) electrons. The smallest absolute Gasteiger partial charge is 0.231 e. The van der Waals surface area contributed by atoms with Gasteiger partial charge >= 0.3 is 0 Å². The zero-order valence-corrected chi connectivity index (χ0v) is 21.6. The first-order chi connectivity index (χ1) is 17.4. The van der Waals surface area contributed by atoms with Crippen LogP contribution in [0.25, 0.3) is 5.69 Å². The van der Waals surface area contributed by atoms with E-state index in [9.17, 15) is 0 Å². The number of benzene rings is 2. The summed E-state index contributed by atoms with van der Waals surface area (Å²) in [6, 6.07) is 20.8. The minimum absolute atomic E-state index is 0.0662. The standard InChI is InChI=1S/C29H28N4O2S/c1-17-8-9-21(13-18(17)2)33-28(27(31-29(33)36)24-7-5-6-12-30-24)23-14-19(3)32(20(23)4)22-10-11-25-26(15-22)35-16-34-25/h5-15,27-28H,16H2,1-4H3,(H,31,36). The summed E-state index contributed by atoms with van der Waals surface area (Å²) in [4.78, 5) is 6.94. The van der Waals surface area contributed by atoms with Crippen LogP contribution in [0.5, 0.6) is 11.5 Å². The van der Waals surface area contributed by atoms with Gasteiger partial charge in [-0.05, 0) is 99.1 Å². The number of nitrogens with one attached hydrogen (secondary N) is 1. The number of aryl methyl sites for hydroxylation is 3. The summed E-state index contributed by atoms with van der Waals surface area (Å²) in [7, 11) is 0. The topological polar surface area (TPSA) is 51.6 Å². The predicted molar refractivity (Wildman–Crippen MR) is 145 cm³/mol. The van der Waals surface area contributed by atoms with E-state index in [4.69, 9.17) is 26.7 Å². The van der Waals surface area contributed by atoms with Gasteiger partial charge in [0.2, 0.25) is 6.79 Å². The predicted octanol–water partition coefficient (Wildman–Crippen LogP) is 6.01. The fourth-order valence-electron chi connectivity index (χ4n) is 5.33. The summed E-state index contributed by atoms with van der Waals surface area (Å²) in [6.45, 7) is 8.84. The number of hydrogen-bond donors (Lipinski definition) is 1. The van der Waals surface area contributed by atoms with E-state index in [0.717, 1.165) is 40.0 Å². The molecule has 0 amide bonds. The summed E-state index contributed by atoms with van der Waals surface area (Å²) in [6.07, 6.45) is 1.84. The molecule has 182 valence electrons. The fraction of sp³-hybridized carbons (Fsp3) is 0.241. The number of ether oxygens (including phenoxy) is 2. The highest BCUT2D eigenvalue weighted by Gasteiger charge is 2.42. The van der Waals surface area contributed by atoms with Crippen LogP contribution in [0, 0.1) is 27.7 Å². The minimum atomic E-state index is -0.0917. The van der Waals surface area contributed by atoms with E-state index >= 15 is 0 Å². The van der Waals surface area contributed by atoms with Gasteiger partial charge in [0.25, 0.3) is 0 Å². The normalized spacial score (nSPS) is 18.6. The van der Waals surface area contributed by atoms with Crippen molar-refractivity contribution >= 4 is 23.0 Å². The van der Waals surface area contributed by atoms with Crippen LogP contribution in [-0.2, 0) is 0 Å². The van der Waals surface area contributed by atoms with E-state index in [-0.39, 0.29) is 18.9 Å². The molecule has 36 heavy (non-hydrogen) atoms. The first kappa shape index (κ1) is 22.6. The molecule has 0 spiro atoms. The number of hydrogen-bond acceptors (Lipinski definition) is 4. The molecule has 4 aromatic rings. The SMILES string of the molecule is Cc1ccc(N2C(=S)NC(c3ccccn3)C2c2cc(C)n(-c3ccc4c(c3)OCO4)c2C)cc1C. The first-order valence-electron chi connectivity index (χ1n) is 12.1. The van der Waals surface area contributed by atoms with Crippen LogP contribution in [0.4, 0.5) is 5.69 Å². The highest BCUT2D eigenvalue weighted by Crippen LogP contribution is 2.44. The Kier molecular flexibility index (Phi) is 5.45. The average Bonchev–Trinajstić information content (AvgIpc) is 3.56. The van der Waals surface area contributed by atoms with Crippen LogP contribution >= 0.6 is 12.2 Å². The maximum atomic E-state index is 5.93. The average molecular weight is 497 g/mol. The third-order valence-corrected chi connectivity index (χ3v) is 7.58. The molecule has 7 heteroatoms. The van der Waals surface area contributed by atoms with Crippen LogP contribution < -0.4 is 19.7 Å². The Morgan fingerprint density at radius 2 is 1.69 bits per heavy atom. The molecule has 0 saturated carbocycles. The van der Waals surface area contributed by atoms with Gasteiger partial charge < -0.3 is 24.3 Å². The van der Waals surface area contributed by atoms with E-state index in [1.807, 2.05) is 30.5 Å². The van der Waals surface area contributed by atoms with Crippen LogP contribution in [-0.4, -0.2) is 21.5 Å². The summed E-state index contributed by atoms with van der Waals surface area (Å²) < 4.78 is 13.4. The van der Waals surface area contributed by atoms with Gasteiger partial charge in [0.05, 0.1) is 17.8 Å². The molecule has 2 aromatic heterocycles. The van der Waals surface area contributed by atoms with E-state index in [2.05, 4.69) is 78.9 Å². The Labute approximate surface area is 216 Å². The lowest BCUT2D eigenvalue weighted by Gasteiger charge is -2.28. The maximum Gasteiger partial charge on any atom is 0.231 e. The zero-order valence-electron chi connectivity index (χ0n) is 20.8. The fourth-order valence-corrected chi connectivity index (χ4v) is 5.68. The van der Waals surface area contributed by atoms with Crippen molar-refractivity contribution < 1.29 is 9.47 Å². The lowest BCUT2D eigenvalue weighted by Crippen LogP contribution is -2.29. The molecule has 6 rings (SSSR count). The van der Waals surface area contributed by atoms with Gasteiger partial charge in [-0.25, -0.2) is 0 Å². The molecule has 1 fully saturated rings. The Balaban J connectivity index is 1.50. The van der Waals surface area contributed by atoms with Gasteiger partial charge in [-0.15, -0.1) is 0 Å². The highest BCUT2D eigenvalue weighted by molar-refractivity contribution is 7.80. The molecule has 2 aliphatic rings. The van der Waals surface area contributed by atoms with Crippen LogP contribution in [0.3, 0.4) is 0 Å². The van der Waals surface area contributed by atoms with Crippen LogP contribution in [0.1, 0.15) is 45.9 Å². The van der Waals surface area contributed by atoms with Gasteiger partial charge in [0, 0.05) is 35.0 Å². The molecular formula is C29H28N4O2S. The number of nitrogens with zero attached hydrogens (tertiary/aromatic N) is 3. The minimum Gasteiger partial charge on any atom is -0.454 e. The first-order valence-corrected chi connectivity index (χ1v) is 12.5. The van der Waals surface area contributed by atoms with Crippen molar-refractivity contribution in [3.8, 4) is 17.2 Å². The Bertz CT molecular complexity index is 1480. The highest BCUT2D eigenvalue weighted by atomic mass is 32.1. The van der Waals surface area contributed by atoms with Crippen molar-refractivity contribution in [3.05, 3.63) is 101 Å². The van der Waals surface area contributed by atoms with E-state index in [0.29, 0.717) is 5.11 Å². The second kappa shape index (κ2) is 8.68. The van der Waals surface area contributed by atoms with Gasteiger partial charge in [0.1, 0.15) is 0 Å². The van der Waals surface area contributed by atoms with Gasteiger partial charge in [-0.2, -0.15) is 0 Å². The summed E-state index contributed by atoms with van der Waals surface area (Å²) in [5.41, 5.74) is 9.07. The Hall–Kier alpha value is -3.84. The molecule has 0 aliphatic carbocycles. The van der Waals surface area contributed by atoms with E-state index in [1.165, 1.54) is 16.7 Å². The second-order valence-corrected chi connectivity index (χ2v) is 9.85. The number of pyridine rings is 1. The lowest BCUT2D eigenvalue weighted by molar-refractivity contribution is 0.174. The van der Waals surface area contributed by atoms with Gasteiger partial charge in [0.15, 0.2) is 16.6 Å². The third kappa shape index (κ3) is 3.62. The molecule has 2 atom stereocenters. The Morgan fingerprint density at radius 3 is 2.47 bits per heavy atom. The van der Waals surface area contributed by atoms with Crippen molar-refractivity contribution in [2.45, 2.75) is 39.8 Å². The zero-order chi connectivity index (χ0) is 25.0. The molecule has 4 heterocycles. The number of rotatable bonds is 4. The number of fused-ring (bicyclic) bond motifs is 1. The second-order valence-electron chi connectivity index (χ2n) is 9.46. The lowest BCUT2D eigenvalue weighted by atomic mass is 9.96. The molecule has 1 N–H and O–H groups in total. The molecule has 2 aromatic carbocycles. The summed E-state index contributed by atoms with van der Waals surface area (Å²) >= 11 is 5.93. The van der Waals surface area contributed by atoms with Crippen molar-refractivity contribution in [3.63, 3.8) is 0 Å². The number of thiocarbonyl (C=S) groups is 1. The van der Waals surface area contributed by atoms with E-state index in [1.54, 1.807) is 0 Å². The van der Waals surface area contributed by atoms with Gasteiger partial charge in [-0.3, -0.25) is 4.98 Å². The monoisotopic (exact) mass is 496 g/mol. The molecule has 2 unspecified atom stereocenters. The molecular weight excluding hydrogens is 468 g/mol. The van der Waals surface area contributed by atoms with E-state index < -0.39 is 0 Å². The molecule has 0 bridgehead atoms. The van der Waals surface area contributed by atoms with Gasteiger partial charge in [-0.1, -0.05) is 12.1 Å². The third-order valence-electron chi connectivity index (χ3n) is 7.27. The van der Waals surface area contributed by atoms with Crippen molar-refractivity contribution in [2.24, 2.45) is 0 Å². The summed E-state index contributed by atoms with van der Waals surface area (Å²) in [5, 5.41) is 4.28. The largest absolute Gasteiger partial charge is 0.454 e. The van der Waals surface area contributed by atoms with Crippen molar-refractivity contribution in [2.75, 3.05) is 11.7 Å². The number of anilines is 1. The number of aromatic nitrogens is 2. The molecule has 6 nitrogen and oxygen atoms in total. The van der Waals surface area contributed by atoms with Crippen LogP contribution in [0.2, 0.25) is 0 Å². The molecule has 1 saturated heterocycles. The van der Waals surface area contributed by atoms with Crippen LogP contribution in [0.15, 0.2) is 66.9 Å². The summed E-state index contributed by atoms with van der Waals surface area (Å²) in [5.74, 6) is 1.55.